The Hall–Kier alpha value is -4.00. The van der Waals surface area contributed by atoms with Crippen LogP contribution in [0.15, 0.2) is 85.6 Å². The summed E-state index contributed by atoms with van der Waals surface area (Å²) < 4.78 is 6.75. The minimum absolute atomic E-state index is 0.320. The van der Waals surface area contributed by atoms with Gasteiger partial charge >= 0.3 is 5.97 Å². The number of hydrogen-bond donors (Lipinski definition) is 0. The quantitative estimate of drug-likeness (QED) is 0.312. The minimum atomic E-state index is -0.632. The lowest BCUT2D eigenvalue weighted by Gasteiger charge is -2.20. The number of hydrogen-bond acceptors (Lipinski definition) is 5. The monoisotopic (exact) mass is 402 g/mol. The van der Waals surface area contributed by atoms with Crippen molar-refractivity contribution in [3.05, 3.63) is 96.8 Å². The van der Waals surface area contributed by atoms with E-state index in [1.54, 1.807) is 17.0 Å². The number of benzene rings is 2. The van der Waals surface area contributed by atoms with E-state index in [2.05, 4.69) is 16.9 Å². The maximum Gasteiger partial charge on any atom is 0.331 e. The third-order valence-corrected chi connectivity index (χ3v) is 4.15. The van der Waals surface area contributed by atoms with Gasteiger partial charge in [-0.25, -0.2) is 9.48 Å². The molecular weight excluding hydrogens is 380 g/mol. The SMILES string of the molecule is C=CCN(C(=O)COC(=O)/C=C/c1cn(Cc2ccccc2)nn1)c1ccccc1. The first kappa shape index (κ1) is 20.7. The molecule has 0 fully saturated rings. The molecule has 0 N–H and O–H groups in total. The molecule has 30 heavy (non-hydrogen) atoms. The van der Waals surface area contributed by atoms with Gasteiger partial charge in [0.15, 0.2) is 6.61 Å². The van der Waals surface area contributed by atoms with Crippen molar-refractivity contribution in [1.29, 1.82) is 0 Å². The maximum absolute atomic E-state index is 12.4. The van der Waals surface area contributed by atoms with Gasteiger partial charge in [-0.1, -0.05) is 59.8 Å². The lowest BCUT2D eigenvalue weighted by molar-refractivity contribution is -0.142. The zero-order valence-electron chi connectivity index (χ0n) is 16.4. The Morgan fingerprint density at radius 3 is 2.47 bits per heavy atom. The van der Waals surface area contributed by atoms with Gasteiger partial charge in [0.2, 0.25) is 0 Å². The topological polar surface area (TPSA) is 77.3 Å². The van der Waals surface area contributed by atoms with Crippen molar-refractivity contribution in [1.82, 2.24) is 15.0 Å². The van der Waals surface area contributed by atoms with Crippen molar-refractivity contribution in [2.45, 2.75) is 6.54 Å². The summed E-state index contributed by atoms with van der Waals surface area (Å²) in [6, 6.07) is 19.0. The second kappa shape index (κ2) is 10.5. The average molecular weight is 402 g/mol. The Morgan fingerprint density at radius 1 is 1.07 bits per heavy atom. The molecule has 0 unspecified atom stereocenters. The Morgan fingerprint density at radius 2 is 1.77 bits per heavy atom. The highest BCUT2D eigenvalue weighted by atomic mass is 16.5. The van der Waals surface area contributed by atoms with E-state index in [-0.39, 0.29) is 12.5 Å². The van der Waals surface area contributed by atoms with Crippen molar-refractivity contribution in [2.24, 2.45) is 0 Å². The van der Waals surface area contributed by atoms with Gasteiger partial charge in [0.1, 0.15) is 5.69 Å². The third-order valence-electron chi connectivity index (χ3n) is 4.15. The first-order valence-corrected chi connectivity index (χ1v) is 9.41. The molecule has 2 aromatic carbocycles. The molecule has 0 aliphatic rings. The van der Waals surface area contributed by atoms with Gasteiger partial charge in [-0.05, 0) is 23.8 Å². The van der Waals surface area contributed by atoms with Crippen LogP contribution in [-0.2, 0) is 20.9 Å². The summed E-state index contributed by atoms with van der Waals surface area (Å²) >= 11 is 0. The molecule has 3 rings (SSSR count). The van der Waals surface area contributed by atoms with Gasteiger partial charge in [0.05, 0.1) is 12.7 Å². The van der Waals surface area contributed by atoms with E-state index in [9.17, 15) is 9.59 Å². The Bertz CT molecular complexity index is 1010. The Labute approximate surface area is 174 Å². The molecule has 0 aliphatic carbocycles. The highest BCUT2D eigenvalue weighted by molar-refractivity contribution is 5.96. The average Bonchev–Trinajstić information content (AvgIpc) is 3.23. The number of amides is 1. The molecule has 1 amide bonds. The number of esters is 1. The summed E-state index contributed by atoms with van der Waals surface area (Å²) in [5, 5.41) is 8.04. The van der Waals surface area contributed by atoms with E-state index in [4.69, 9.17) is 4.74 Å². The van der Waals surface area contributed by atoms with Crippen molar-refractivity contribution in [3.63, 3.8) is 0 Å². The second-order valence-electron chi connectivity index (χ2n) is 6.40. The van der Waals surface area contributed by atoms with Crippen molar-refractivity contribution in [3.8, 4) is 0 Å². The van der Waals surface area contributed by atoms with Gasteiger partial charge in [-0.15, -0.1) is 11.7 Å². The summed E-state index contributed by atoms with van der Waals surface area (Å²) in [7, 11) is 0. The third kappa shape index (κ3) is 6.00. The van der Waals surface area contributed by atoms with E-state index in [0.717, 1.165) is 5.56 Å². The van der Waals surface area contributed by atoms with Crippen LogP contribution in [0.5, 0.6) is 0 Å². The summed E-state index contributed by atoms with van der Waals surface area (Å²) in [5.74, 6) is -0.968. The normalized spacial score (nSPS) is 10.7. The largest absolute Gasteiger partial charge is 0.452 e. The standard InChI is InChI=1S/C23H22N4O3/c1-2-15-27(21-11-7-4-8-12-21)22(28)18-30-23(29)14-13-20-17-26(25-24-20)16-19-9-5-3-6-10-19/h2-14,17H,1,15-16,18H2/b14-13+. The molecule has 0 bridgehead atoms. The van der Waals surface area contributed by atoms with Gasteiger partial charge < -0.3 is 9.64 Å². The molecule has 0 saturated carbocycles. The Balaban J connectivity index is 1.52. The van der Waals surface area contributed by atoms with Gasteiger partial charge in [-0.3, -0.25) is 4.79 Å². The molecule has 7 nitrogen and oxygen atoms in total. The lowest BCUT2D eigenvalue weighted by atomic mass is 10.2. The van der Waals surface area contributed by atoms with Crippen LogP contribution < -0.4 is 4.90 Å². The number of rotatable bonds is 9. The van der Waals surface area contributed by atoms with Crippen LogP contribution in [0.3, 0.4) is 0 Å². The fourth-order valence-electron chi connectivity index (χ4n) is 2.74. The van der Waals surface area contributed by atoms with E-state index < -0.39 is 5.97 Å². The predicted octanol–water partition coefficient (Wildman–Crippen LogP) is 3.10. The number of ether oxygens (including phenoxy) is 1. The zero-order valence-corrected chi connectivity index (χ0v) is 16.4. The smallest absolute Gasteiger partial charge is 0.331 e. The highest BCUT2D eigenvalue weighted by Crippen LogP contribution is 2.13. The molecule has 7 heteroatoms. The summed E-state index contributed by atoms with van der Waals surface area (Å²) in [5.41, 5.74) is 2.33. The first-order chi connectivity index (χ1) is 14.7. The molecule has 1 aromatic heterocycles. The van der Waals surface area contributed by atoms with Crippen LogP contribution in [0.25, 0.3) is 6.08 Å². The first-order valence-electron chi connectivity index (χ1n) is 9.41. The molecule has 0 saturated heterocycles. The number of carbonyl (C=O) groups excluding carboxylic acids is 2. The van der Waals surface area contributed by atoms with Crippen molar-refractivity contribution in [2.75, 3.05) is 18.1 Å². The summed E-state index contributed by atoms with van der Waals surface area (Å²) in [6.07, 6.45) is 6.07. The fourth-order valence-corrected chi connectivity index (χ4v) is 2.74. The zero-order chi connectivity index (χ0) is 21.2. The molecule has 3 aromatic rings. The van der Waals surface area contributed by atoms with Crippen molar-refractivity contribution >= 4 is 23.6 Å². The van der Waals surface area contributed by atoms with Crippen molar-refractivity contribution < 1.29 is 14.3 Å². The fraction of sp³-hybridized carbons (Fsp3) is 0.130. The molecule has 0 spiro atoms. The van der Waals surface area contributed by atoms with Crippen LogP contribution in [-0.4, -0.2) is 40.0 Å². The van der Waals surface area contributed by atoms with Crippen LogP contribution in [0.2, 0.25) is 0 Å². The molecule has 0 radical (unpaired) electrons. The Kier molecular flexibility index (Phi) is 7.27. The maximum atomic E-state index is 12.4. The molecule has 0 atom stereocenters. The van der Waals surface area contributed by atoms with Crippen LogP contribution in [0.4, 0.5) is 5.69 Å². The number of carbonyl (C=O) groups is 2. The van der Waals surface area contributed by atoms with Crippen LogP contribution in [0, 0.1) is 0 Å². The van der Waals surface area contributed by atoms with E-state index in [1.807, 2.05) is 60.7 Å². The molecule has 1 heterocycles. The molecule has 0 aliphatic heterocycles. The second-order valence-corrected chi connectivity index (χ2v) is 6.40. The number of nitrogens with zero attached hydrogens (tertiary/aromatic N) is 4. The summed E-state index contributed by atoms with van der Waals surface area (Å²) in [6.45, 7) is 4.20. The number of aromatic nitrogens is 3. The van der Waals surface area contributed by atoms with Gasteiger partial charge in [0.25, 0.3) is 5.91 Å². The minimum Gasteiger partial charge on any atom is -0.452 e. The van der Waals surface area contributed by atoms with Gasteiger partial charge in [-0.2, -0.15) is 0 Å². The van der Waals surface area contributed by atoms with Crippen LogP contribution in [0.1, 0.15) is 11.3 Å². The highest BCUT2D eigenvalue weighted by Gasteiger charge is 2.15. The molecule has 152 valence electrons. The number of para-hydroxylation sites is 1. The van der Waals surface area contributed by atoms with E-state index in [1.165, 1.54) is 17.1 Å². The van der Waals surface area contributed by atoms with Crippen LogP contribution >= 0.6 is 0 Å². The summed E-state index contributed by atoms with van der Waals surface area (Å²) in [4.78, 5) is 25.9. The number of anilines is 1. The lowest BCUT2D eigenvalue weighted by Crippen LogP contribution is -2.34. The predicted molar refractivity (Wildman–Crippen MR) is 115 cm³/mol. The molecular formula is C23H22N4O3. The van der Waals surface area contributed by atoms with E-state index in [0.29, 0.717) is 24.5 Å². The van der Waals surface area contributed by atoms with E-state index >= 15 is 0 Å². The van der Waals surface area contributed by atoms with Gasteiger partial charge in [0, 0.05) is 18.3 Å².